The third kappa shape index (κ3) is 5.64. The summed E-state index contributed by atoms with van der Waals surface area (Å²) >= 11 is 0. The Bertz CT molecular complexity index is 772. The average molecular weight is 430 g/mol. The van der Waals surface area contributed by atoms with Crippen LogP contribution in [-0.2, 0) is 20.9 Å². The molecule has 4 amide bonds. The van der Waals surface area contributed by atoms with Crippen LogP contribution in [0.15, 0.2) is 30.3 Å². The van der Waals surface area contributed by atoms with Crippen molar-refractivity contribution in [1.82, 2.24) is 15.5 Å². The molecule has 31 heavy (non-hydrogen) atoms. The Morgan fingerprint density at radius 3 is 2.45 bits per heavy atom. The summed E-state index contributed by atoms with van der Waals surface area (Å²) in [6, 6.07) is 9.53. The summed E-state index contributed by atoms with van der Waals surface area (Å²) in [4.78, 5) is 39.3. The molecule has 2 aliphatic rings. The number of carbonyl (C=O) groups is 3. The van der Waals surface area contributed by atoms with E-state index in [0.717, 1.165) is 44.1 Å². The zero-order valence-corrected chi connectivity index (χ0v) is 18.9. The molecule has 0 radical (unpaired) electrons. The second kappa shape index (κ2) is 10.3. The first kappa shape index (κ1) is 23.3. The van der Waals surface area contributed by atoms with E-state index in [0.29, 0.717) is 6.54 Å². The molecule has 1 saturated carbocycles. The van der Waals surface area contributed by atoms with Crippen molar-refractivity contribution < 1.29 is 19.1 Å². The summed E-state index contributed by atoms with van der Waals surface area (Å²) in [5, 5.41) is 5.90. The highest BCUT2D eigenvalue weighted by molar-refractivity contribution is 6.08. The highest BCUT2D eigenvalue weighted by atomic mass is 16.5. The smallest absolute Gasteiger partial charge is 0.315 e. The lowest BCUT2D eigenvalue weighted by Crippen LogP contribution is -2.45. The van der Waals surface area contributed by atoms with Gasteiger partial charge in [-0.25, -0.2) is 4.79 Å². The first-order valence-corrected chi connectivity index (χ1v) is 11.4. The van der Waals surface area contributed by atoms with Gasteiger partial charge in [0.1, 0.15) is 0 Å². The van der Waals surface area contributed by atoms with Gasteiger partial charge in [-0.2, -0.15) is 0 Å². The first-order valence-electron chi connectivity index (χ1n) is 11.4. The maximum atomic E-state index is 13.1. The van der Waals surface area contributed by atoms with Crippen molar-refractivity contribution >= 4 is 17.8 Å². The number of hydrogen-bond donors (Lipinski definition) is 2. The van der Waals surface area contributed by atoms with Gasteiger partial charge in [-0.3, -0.25) is 14.5 Å². The predicted octanol–water partition coefficient (Wildman–Crippen LogP) is 3.38. The van der Waals surface area contributed by atoms with Gasteiger partial charge in [-0.05, 0) is 51.5 Å². The van der Waals surface area contributed by atoms with Crippen molar-refractivity contribution in [2.45, 2.75) is 84.1 Å². The Balaban J connectivity index is 1.52. The van der Waals surface area contributed by atoms with E-state index in [1.807, 2.05) is 30.3 Å². The Hall–Kier alpha value is -2.41. The summed E-state index contributed by atoms with van der Waals surface area (Å²) < 4.78 is 6.21. The molecule has 0 bridgehead atoms. The number of carbonyl (C=O) groups excluding carboxylic acids is 3. The fraction of sp³-hybridized carbons (Fsp3) is 0.625. The lowest BCUT2D eigenvalue weighted by atomic mass is 9.87. The minimum atomic E-state index is -0.889. The zero-order chi connectivity index (χ0) is 22.4. The number of rotatable bonds is 8. The maximum absolute atomic E-state index is 13.1. The number of likely N-dealkylation sites (tertiary alicyclic amines) is 1. The Kier molecular flexibility index (Phi) is 7.70. The molecule has 1 unspecified atom stereocenters. The molecule has 1 heterocycles. The number of nitrogens with one attached hydrogen (secondary N) is 2. The second-order valence-corrected chi connectivity index (χ2v) is 9.18. The average Bonchev–Trinajstić information content (AvgIpc) is 2.91. The number of amides is 4. The van der Waals surface area contributed by atoms with Crippen LogP contribution in [0.5, 0.6) is 0 Å². The number of hydrogen-bond acceptors (Lipinski definition) is 4. The van der Waals surface area contributed by atoms with Crippen LogP contribution in [0.4, 0.5) is 4.79 Å². The standard InChI is InChI=1S/C24H35N3O4/c1-4-5-15-25-23(30)26-18-11-13-19(14-12-18)31-20-21(28)27(22(29)24(20,2)3)16-17-9-7-6-8-10-17/h6-10,18-20H,4-5,11-16H2,1-3H3,(H2,25,26,30). The van der Waals surface area contributed by atoms with Gasteiger partial charge in [0.25, 0.3) is 5.91 Å². The molecule has 2 fully saturated rings. The third-order valence-electron chi connectivity index (χ3n) is 6.28. The number of nitrogens with zero attached hydrogens (tertiary/aromatic N) is 1. The maximum Gasteiger partial charge on any atom is 0.315 e. The molecule has 0 spiro atoms. The van der Waals surface area contributed by atoms with Gasteiger partial charge in [0, 0.05) is 12.6 Å². The van der Waals surface area contributed by atoms with Crippen LogP contribution < -0.4 is 10.6 Å². The minimum absolute atomic E-state index is 0.0843. The van der Waals surface area contributed by atoms with Crippen LogP contribution in [0.1, 0.15) is 64.9 Å². The van der Waals surface area contributed by atoms with E-state index in [4.69, 9.17) is 4.74 Å². The van der Waals surface area contributed by atoms with Gasteiger partial charge < -0.3 is 15.4 Å². The zero-order valence-electron chi connectivity index (χ0n) is 18.9. The van der Waals surface area contributed by atoms with E-state index >= 15 is 0 Å². The summed E-state index contributed by atoms with van der Waals surface area (Å²) in [5.74, 6) is -0.445. The summed E-state index contributed by atoms with van der Waals surface area (Å²) in [6.07, 6.45) is 4.28. The second-order valence-electron chi connectivity index (χ2n) is 9.18. The van der Waals surface area contributed by atoms with Crippen molar-refractivity contribution in [3.63, 3.8) is 0 Å². The largest absolute Gasteiger partial charge is 0.364 e. The number of imide groups is 1. The molecule has 170 valence electrons. The van der Waals surface area contributed by atoms with Crippen LogP contribution in [0.25, 0.3) is 0 Å². The normalized spacial score (nSPS) is 25.5. The first-order chi connectivity index (χ1) is 14.8. The van der Waals surface area contributed by atoms with E-state index in [2.05, 4.69) is 17.6 Å². The molecule has 1 aliphatic heterocycles. The molecule has 1 atom stereocenters. The highest BCUT2D eigenvalue weighted by Gasteiger charge is 2.55. The quantitative estimate of drug-likeness (QED) is 0.490. The van der Waals surface area contributed by atoms with Crippen molar-refractivity contribution in [2.75, 3.05) is 6.54 Å². The van der Waals surface area contributed by atoms with Crippen LogP contribution in [0.2, 0.25) is 0 Å². The molecular weight excluding hydrogens is 394 g/mol. The fourth-order valence-electron chi connectivity index (χ4n) is 4.31. The van der Waals surface area contributed by atoms with Gasteiger partial charge in [0.2, 0.25) is 5.91 Å². The van der Waals surface area contributed by atoms with E-state index in [1.54, 1.807) is 13.8 Å². The molecule has 7 heteroatoms. The lowest BCUT2D eigenvalue weighted by Gasteiger charge is -2.32. The van der Waals surface area contributed by atoms with Gasteiger partial charge >= 0.3 is 6.03 Å². The van der Waals surface area contributed by atoms with Gasteiger partial charge in [0.05, 0.1) is 18.1 Å². The number of benzene rings is 1. The molecule has 2 N–H and O–H groups in total. The minimum Gasteiger partial charge on any atom is -0.364 e. The molecular formula is C24H35N3O4. The molecule has 0 aromatic heterocycles. The van der Waals surface area contributed by atoms with E-state index in [1.165, 1.54) is 4.90 Å². The van der Waals surface area contributed by atoms with E-state index < -0.39 is 11.5 Å². The van der Waals surface area contributed by atoms with Crippen LogP contribution in [0.3, 0.4) is 0 Å². The molecule has 1 aromatic rings. The van der Waals surface area contributed by atoms with Gasteiger partial charge in [-0.15, -0.1) is 0 Å². The van der Waals surface area contributed by atoms with Gasteiger partial charge in [-0.1, -0.05) is 43.7 Å². The summed E-state index contributed by atoms with van der Waals surface area (Å²) in [7, 11) is 0. The number of unbranched alkanes of at least 4 members (excludes halogenated alkanes) is 1. The van der Waals surface area contributed by atoms with Crippen LogP contribution in [0, 0.1) is 5.41 Å². The lowest BCUT2D eigenvalue weighted by molar-refractivity contribution is -0.146. The van der Waals surface area contributed by atoms with Crippen molar-refractivity contribution in [2.24, 2.45) is 5.41 Å². The third-order valence-corrected chi connectivity index (χ3v) is 6.28. The Morgan fingerprint density at radius 1 is 1.13 bits per heavy atom. The summed E-state index contributed by atoms with van der Waals surface area (Å²) in [6.45, 7) is 6.62. The van der Waals surface area contributed by atoms with E-state index in [9.17, 15) is 14.4 Å². The predicted molar refractivity (Wildman–Crippen MR) is 118 cm³/mol. The van der Waals surface area contributed by atoms with E-state index in [-0.39, 0.29) is 36.5 Å². The number of ether oxygens (including phenoxy) is 1. The SMILES string of the molecule is CCCCNC(=O)NC1CCC(OC2C(=O)N(Cc3ccccc3)C(=O)C2(C)C)CC1. The topological polar surface area (TPSA) is 87.7 Å². The monoisotopic (exact) mass is 429 g/mol. The number of urea groups is 1. The van der Waals surface area contributed by atoms with Crippen molar-refractivity contribution in [3.05, 3.63) is 35.9 Å². The molecule has 3 rings (SSSR count). The van der Waals surface area contributed by atoms with Gasteiger partial charge in [0.15, 0.2) is 6.10 Å². The summed E-state index contributed by atoms with van der Waals surface area (Å²) in [5.41, 5.74) is 0.0320. The fourth-order valence-corrected chi connectivity index (χ4v) is 4.31. The molecule has 1 saturated heterocycles. The molecule has 7 nitrogen and oxygen atoms in total. The molecule has 1 aromatic carbocycles. The van der Waals surface area contributed by atoms with Crippen molar-refractivity contribution in [3.8, 4) is 0 Å². The highest BCUT2D eigenvalue weighted by Crippen LogP contribution is 2.37. The van der Waals surface area contributed by atoms with Crippen LogP contribution >= 0.6 is 0 Å². The van der Waals surface area contributed by atoms with Crippen molar-refractivity contribution in [1.29, 1.82) is 0 Å². The van der Waals surface area contributed by atoms with Crippen LogP contribution in [-0.4, -0.2) is 47.5 Å². The Labute approximate surface area is 184 Å². The Morgan fingerprint density at radius 2 is 1.81 bits per heavy atom. The molecule has 1 aliphatic carbocycles.